The molecule has 0 fully saturated rings. The minimum Gasteiger partial charge on any atom is -0.497 e. The molecule has 0 bridgehead atoms. The third-order valence-corrected chi connectivity index (χ3v) is 6.41. The number of hydrogen-bond donors (Lipinski definition) is 1. The molecule has 6 heteroatoms. The van der Waals surface area contributed by atoms with E-state index >= 15 is 0 Å². The van der Waals surface area contributed by atoms with Gasteiger partial charge in [-0.15, -0.1) is 21.5 Å². The molecule has 4 nitrogen and oxygen atoms in total. The van der Waals surface area contributed by atoms with Crippen molar-refractivity contribution in [3.05, 3.63) is 75.9 Å². The van der Waals surface area contributed by atoms with E-state index in [1.165, 1.54) is 22.0 Å². The second-order valence-corrected chi connectivity index (χ2v) is 8.53. The number of nitrogens with one attached hydrogen (secondary N) is 1. The summed E-state index contributed by atoms with van der Waals surface area (Å²) in [5.41, 5.74) is 3.81. The molecular weight excluding hydrogens is 374 g/mol. The summed E-state index contributed by atoms with van der Waals surface area (Å²) in [7, 11) is 1.68. The predicted octanol–water partition coefficient (Wildman–Crippen LogP) is 5.09. The molecule has 1 N–H and O–H groups in total. The molecule has 0 amide bonds. The molecule has 0 unspecified atom stereocenters. The monoisotopic (exact) mass is 395 g/mol. The number of nitrogens with zero attached hydrogens (tertiary/aromatic N) is 2. The molecule has 4 aromatic rings. The van der Waals surface area contributed by atoms with Crippen molar-refractivity contribution in [2.75, 3.05) is 12.9 Å². The van der Waals surface area contributed by atoms with Gasteiger partial charge in [-0.05, 0) is 29.3 Å². The Balaban J connectivity index is 1.26. The molecule has 0 aliphatic rings. The van der Waals surface area contributed by atoms with Gasteiger partial charge in [0.25, 0.3) is 0 Å². The molecule has 0 saturated heterocycles. The Bertz CT molecular complexity index is 1010. The largest absolute Gasteiger partial charge is 0.497 e. The van der Waals surface area contributed by atoms with Crippen molar-refractivity contribution in [3.63, 3.8) is 0 Å². The van der Waals surface area contributed by atoms with Gasteiger partial charge in [-0.25, -0.2) is 0 Å². The number of benzene rings is 2. The van der Waals surface area contributed by atoms with Gasteiger partial charge >= 0.3 is 0 Å². The fraction of sp³-hybridized carbons (Fsp3) is 0.238. The van der Waals surface area contributed by atoms with E-state index in [0.29, 0.717) is 0 Å². The van der Waals surface area contributed by atoms with E-state index in [2.05, 4.69) is 57.8 Å². The van der Waals surface area contributed by atoms with Crippen LogP contribution in [0.5, 0.6) is 5.75 Å². The highest BCUT2D eigenvalue weighted by atomic mass is 32.2. The van der Waals surface area contributed by atoms with E-state index < -0.39 is 0 Å². The minimum absolute atomic E-state index is 0.824. The van der Waals surface area contributed by atoms with Crippen LogP contribution in [0.25, 0.3) is 10.9 Å². The zero-order valence-electron chi connectivity index (χ0n) is 15.1. The molecule has 2 aromatic carbocycles. The highest BCUT2D eigenvalue weighted by molar-refractivity contribution is 7.98. The van der Waals surface area contributed by atoms with Gasteiger partial charge in [0.05, 0.1) is 7.11 Å². The van der Waals surface area contributed by atoms with Gasteiger partial charge in [-0.3, -0.25) is 0 Å². The number of para-hydroxylation sites is 1. The smallest absolute Gasteiger partial charge is 0.121 e. The lowest BCUT2D eigenvalue weighted by atomic mass is 10.1. The third kappa shape index (κ3) is 4.51. The zero-order chi connectivity index (χ0) is 18.5. The van der Waals surface area contributed by atoms with E-state index in [9.17, 15) is 0 Å². The lowest BCUT2D eigenvalue weighted by Gasteiger charge is -2.01. The molecule has 0 spiro atoms. The van der Waals surface area contributed by atoms with E-state index in [-0.39, 0.29) is 0 Å². The van der Waals surface area contributed by atoms with Crippen molar-refractivity contribution in [1.82, 2.24) is 15.2 Å². The number of aryl methyl sites for hydroxylation is 1. The Morgan fingerprint density at radius 2 is 1.85 bits per heavy atom. The summed E-state index contributed by atoms with van der Waals surface area (Å²) in [5, 5.41) is 12.2. The van der Waals surface area contributed by atoms with Crippen LogP contribution in [0.1, 0.15) is 21.1 Å². The number of H-pyrrole nitrogens is 1. The summed E-state index contributed by atoms with van der Waals surface area (Å²) in [5.74, 6) is 2.95. The van der Waals surface area contributed by atoms with Gasteiger partial charge in [-0.2, -0.15) is 11.8 Å². The summed E-state index contributed by atoms with van der Waals surface area (Å²) >= 11 is 3.66. The average Bonchev–Trinajstić information content (AvgIpc) is 3.33. The average molecular weight is 396 g/mol. The molecule has 2 aromatic heterocycles. The fourth-order valence-electron chi connectivity index (χ4n) is 2.97. The minimum atomic E-state index is 0.824. The number of thioether (sulfide) groups is 1. The first-order chi connectivity index (χ1) is 13.3. The Kier molecular flexibility index (Phi) is 5.75. The number of aromatic nitrogens is 3. The Hall–Kier alpha value is -2.31. The maximum Gasteiger partial charge on any atom is 0.121 e. The number of aromatic amines is 1. The summed E-state index contributed by atoms with van der Waals surface area (Å²) < 4.78 is 5.20. The lowest BCUT2D eigenvalue weighted by molar-refractivity contribution is 0.414. The fourth-order valence-corrected chi connectivity index (χ4v) is 4.92. The van der Waals surface area contributed by atoms with Crippen LogP contribution in [0, 0.1) is 0 Å². The van der Waals surface area contributed by atoms with E-state index in [0.717, 1.165) is 40.1 Å². The molecule has 0 radical (unpaired) electrons. The molecule has 27 heavy (non-hydrogen) atoms. The molecule has 0 aliphatic heterocycles. The maximum absolute atomic E-state index is 5.20. The van der Waals surface area contributed by atoms with Gasteiger partial charge in [0, 0.05) is 41.4 Å². The van der Waals surface area contributed by atoms with Crippen LogP contribution in [0.2, 0.25) is 0 Å². The van der Waals surface area contributed by atoms with Crippen LogP contribution >= 0.6 is 23.1 Å². The van der Waals surface area contributed by atoms with Crippen LogP contribution in [0.4, 0.5) is 0 Å². The van der Waals surface area contributed by atoms with E-state index in [4.69, 9.17) is 4.74 Å². The van der Waals surface area contributed by atoms with Gasteiger partial charge in [0.2, 0.25) is 0 Å². The van der Waals surface area contributed by atoms with Crippen LogP contribution in [-0.4, -0.2) is 28.0 Å². The first-order valence-electron chi connectivity index (χ1n) is 8.89. The molecule has 138 valence electrons. The standard InChI is InChI=1S/C21H21N3OS2/c1-25-17-8-6-15(7-9-17)12-21-24-23-20(27-21)10-11-26-14-16-13-22-19-5-3-2-4-18(16)19/h2-9,13,22H,10-12,14H2,1H3. The normalized spacial score (nSPS) is 11.1. The summed E-state index contributed by atoms with van der Waals surface area (Å²) in [6.07, 6.45) is 3.91. The maximum atomic E-state index is 5.20. The van der Waals surface area contributed by atoms with Crippen LogP contribution in [0.3, 0.4) is 0 Å². The number of hydrogen-bond acceptors (Lipinski definition) is 5. The van der Waals surface area contributed by atoms with Crippen molar-refractivity contribution in [2.45, 2.75) is 18.6 Å². The van der Waals surface area contributed by atoms with Crippen molar-refractivity contribution in [1.29, 1.82) is 0 Å². The summed E-state index contributed by atoms with van der Waals surface area (Å²) in [6, 6.07) is 16.6. The second kappa shape index (κ2) is 8.59. The highest BCUT2D eigenvalue weighted by Crippen LogP contribution is 2.23. The topological polar surface area (TPSA) is 50.8 Å². The molecule has 0 aliphatic carbocycles. The highest BCUT2D eigenvalue weighted by Gasteiger charge is 2.07. The molecular formula is C21H21N3OS2. The third-order valence-electron chi connectivity index (χ3n) is 4.42. The molecule has 2 heterocycles. The number of rotatable bonds is 8. The predicted molar refractivity (Wildman–Crippen MR) is 114 cm³/mol. The number of fused-ring (bicyclic) bond motifs is 1. The van der Waals surface area contributed by atoms with Crippen LogP contribution < -0.4 is 4.74 Å². The van der Waals surface area contributed by atoms with Gasteiger partial charge in [0.15, 0.2) is 0 Å². The van der Waals surface area contributed by atoms with Crippen LogP contribution in [-0.2, 0) is 18.6 Å². The first kappa shape index (κ1) is 18.1. The van der Waals surface area contributed by atoms with Gasteiger partial charge < -0.3 is 9.72 Å². The molecule has 4 rings (SSSR count). The zero-order valence-corrected chi connectivity index (χ0v) is 16.8. The van der Waals surface area contributed by atoms with Crippen molar-refractivity contribution < 1.29 is 4.74 Å². The molecule has 0 atom stereocenters. The van der Waals surface area contributed by atoms with Crippen molar-refractivity contribution in [2.24, 2.45) is 0 Å². The summed E-state index contributed by atoms with van der Waals surface area (Å²) in [6.45, 7) is 0. The van der Waals surface area contributed by atoms with Crippen molar-refractivity contribution >= 4 is 34.0 Å². The SMILES string of the molecule is COc1ccc(Cc2nnc(CCSCc3c[nH]c4ccccc34)s2)cc1. The quantitative estimate of drug-likeness (QED) is 0.422. The number of methoxy groups -OCH3 is 1. The van der Waals surface area contributed by atoms with Crippen molar-refractivity contribution in [3.8, 4) is 5.75 Å². The Morgan fingerprint density at radius 1 is 1.04 bits per heavy atom. The summed E-state index contributed by atoms with van der Waals surface area (Å²) in [4.78, 5) is 3.34. The molecule has 0 saturated carbocycles. The van der Waals surface area contributed by atoms with Gasteiger partial charge in [0.1, 0.15) is 15.8 Å². The Labute approximate surface area is 167 Å². The lowest BCUT2D eigenvalue weighted by Crippen LogP contribution is -1.89. The van der Waals surface area contributed by atoms with Gasteiger partial charge in [-0.1, -0.05) is 30.3 Å². The van der Waals surface area contributed by atoms with Crippen LogP contribution in [0.15, 0.2) is 54.7 Å². The van der Waals surface area contributed by atoms with E-state index in [1.54, 1.807) is 18.4 Å². The van der Waals surface area contributed by atoms with E-state index in [1.807, 2.05) is 23.9 Å². The number of ether oxygens (including phenoxy) is 1. The second-order valence-electron chi connectivity index (χ2n) is 6.28. The first-order valence-corrected chi connectivity index (χ1v) is 10.9. The Morgan fingerprint density at radius 3 is 2.70 bits per heavy atom.